The Hall–Kier alpha value is -4.23. The van der Waals surface area contributed by atoms with E-state index in [9.17, 15) is 14.4 Å². The van der Waals surface area contributed by atoms with Gasteiger partial charge in [0, 0.05) is 39.0 Å². The first kappa shape index (κ1) is 32.3. The van der Waals surface area contributed by atoms with Gasteiger partial charge in [-0.2, -0.15) is 0 Å². The van der Waals surface area contributed by atoms with Crippen LogP contribution in [0.4, 0.5) is 4.79 Å². The van der Waals surface area contributed by atoms with Gasteiger partial charge >= 0.3 is 6.03 Å². The highest BCUT2D eigenvalue weighted by atomic mass is 16.2. The van der Waals surface area contributed by atoms with Crippen LogP contribution >= 0.6 is 0 Å². The van der Waals surface area contributed by atoms with Crippen LogP contribution in [0.25, 0.3) is 11.1 Å². The number of nitrogens with zero attached hydrogens (tertiary/aromatic N) is 3. The number of piperazine rings is 1. The predicted octanol–water partition coefficient (Wildman–Crippen LogP) is 5.44. The summed E-state index contributed by atoms with van der Waals surface area (Å²) < 4.78 is 0. The molecule has 0 radical (unpaired) electrons. The van der Waals surface area contributed by atoms with Crippen LogP contribution in [0.5, 0.6) is 0 Å². The largest absolute Gasteiger partial charge is 0.340 e. The van der Waals surface area contributed by atoms with E-state index in [0.717, 1.165) is 41.5 Å². The molecule has 7 nitrogen and oxygen atoms in total. The first-order valence-electron chi connectivity index (χ1n) is 14.9. The van der Waals surface area contributed by atoms with E-state index in [2.05, 4.69) is 30.1 Å². The molecule has 1 N–H and O–H groups in total. The summed E-state index contributed by atoms with van der Waals surface area (Å²) in [6.45, 7) is 6.81. The Balaban J connectivity index is 1.72. The van der Waals surface area contributed by atoms with Crippen LogP contribution in [-0.4, -0.2) is 64.8 Å². The van der Waals surface area contributed by atoms with Crippen molar-refractivity contribution in [2.75, 3.05) is 20.6 Å². The smallest absolute Gasteiger partial charge is 0.329 e. The summed E-state index contributed by atoms with van der Waals surface area (Å²) in [6.07, 6.45) is 12.5. The van der Waals surface area contributed by atoms with E-state index in [0.29, 0.717) is 13.0 Å². The molecule has 0 aromatic heterocycles. The van der Waals surface area contributed by atoms with Crippen LogP contribution in [0.3, 0.4) is 0 Å². The second-order valence-electron chi connectivity index (χ2n) is 11.4. The number of urea groups is 1. The molecule has 42 heavy (non-hydrogen) atoms. The minimum absolute atomic E-state index is 0.0149. The average molecular weight is 569 g/mol. The second kappa shape index (κ2) is 15.1. The fraction of sp³-hybridized carbons (Fsp3) is 0.457. The molecule has 222 valence electrons. The van der Waals surface area contributed by atoms with Crippen LogP contribution in [-0.2, 0) is 22.6 Å². The number of rotatable bonds is 12. The number of likely N-dealkylation sites (N-methyl/N-ethyl adjacent to an activating group) is 1. The molecule has 0 saturated carbocycles. The number of unbranched alkanes of at least 4 members (excludes halogenated alkanes) is 5. The molecule has 0 aliphatic carbocycles. The molecule has 3 rings (SSSR count). The van der Waals surface area contributed by atoms with E-state index in [1.165, 1.54) is 24.2 Å². The lowest BCUT2D eigenvalue weighted by Gasteiger charge is -2.48. The van der Waals surface area contributed by atoms with E-state index in [1.807, 2.05) is 62.4 Å². The lowest BCUT2D eigenvalue weighted by atomic mass is 9.90. The number of nitrogens with one attached hydrogen (secondary N) is 1. The van der Waals surface area contributed by atoms with Crippen LogP contribution in [0.2, 0.25) is 0 Å². The van der Waals surface area contributed by atoms with Gasteiger partial charge in [-0.25, -0.2) is 9.69 Å². The first-order valence-corrected chi connectivity index (χ1v) is 14.9. The van der Waals surface area contributed by atoms with Gasteiger partial charge in [-0.15, -0.1) is 6.42 Å². The zero-order valence-corrected chi connectivity index (χ0v) is 25.7. The van der Waals surface area contributed by atoms with Gasteiger partial charge in [-0.3, -0.25) is 9.59 Å². The number of hydrogen-bond acceptors (Lipinski definition) is 3. The first-order chi connectivity index (χ1) is 20.1. The summed E-state index contributed by atoms with van der Waals surface area (Å²) in [6, 6.07) is 17.8. The van der Waals surface area contributed by atoms with E-state index >= 15 is 0 Å². The lowest BCUT2D eigenvalue weighted by molar-refractivity contribution is -0.166. The minimum Gasteiger partial charge on any atom is -0.340 e. The van der Waals surface area contributed by atoms with Gasteiger partial charge in [0.05, 0.1) is 6.54 Å². The molecule has 1 fully saturated rings. The quantitative estimate of drug-likeness (QED) is 0.211. The maximum Gasteiger partial charge on any atom is 0.329 e. The normalized spacial score (nSPS) is 16.0. The summed E-state index contributed by atoms with van der Waals surface area (Å²) >= 11 is 0. The molecule has 2 aromatic carbocycles. The molecule has 1 heterocycles. The lowest BCUT2D eigenvalue weighted by Crippen LogP contribution is -2.69. The summed E-state index contributed by atoms with van der Waals surface area (Å²) in [5, 5.41) is 2.58. The molecule has 1 unspecified atom stereocenters. The number of carbonyl (C=O) groups excluding carboxylic acids is 3. The number of amides is 4. The Kier molecular flexibility index (Phi) is 11.6. The number of hydrogen-bond donors (Lipinski definition) is 1. The molecule has 7 heteroatoms. The molecule has 2 aromatic rings. The predicted molar refractivity (Wildman–Crippen MR) is 168 cm³/mol. The zero-order valence-electron chi connectivity index (χ0n) is 25.7. The summed E-state index contributed by atoms with van der Waals surface area (Å²) in [4.78, 5) is 44.0. The van der Waals surface area contributed by atoms with Crippen LogP contribution in [0, 0.1) is 24.3 Å². The van der Waals surface area contributed by atoms with Gasteiger partial charge in [0.2, 0.25) is 11.8 Å². The van der Waals surface area contributed by atoms with E-state index in [4.69, 9.17) is 6.42 Å². The highest BCUT2D eigenvalue weighted by Gasteiger charge is 2.49. The van der Waals surface area contributed by atoms with Gasteiger partial charge in [-0.05, 0) is 54.5 Å². The fourth-order valence-corrected chi connectivity index (χ4v) is 5.46. The molecular formula is C35H44N4O3. The van der Waals surface area contributed by atoms with E-state index < -0.39 is 11.6 Å². The van der Waals surface area contributed by atoms with Crippen molar-refractivity contribution in [3.63, 3.8) is 0 Å². The van der Waals surface area contributed by atoms with Crippen molar-refractivity contribution in [3.8, 4) is 35.4 Å². The monoisotopic (exact) mass is 568 g/mol. The third-order valence-corrected chi connectivity index (χ3v) is 7.98. The van der Waals surface area contributed by atoms with Gasteiger partial charge in [0.25, 0.3) is 0 Å². The molecule has 1 atom stereocenters. The van der Waals surface area contributed by atoms with Crippen molar-refractivity contribution < 1.29 is 14.4 Å². The molecule has 1 aliphatic heterocycles. The molecule has 0 spiro atoms. The van der Waals surface area contributed by atoms with Gasteiger partial charge in [0.1, 0.15) is 11.6 Å². The van der Waals surface area contributed by atoms with E-state index in [-0.39, 0.29) is 24.4 Å². The second-order valence-corrected chi connectivity index (χ2v) is 11.4. The molecule has 0 bridgehead atoms. The Morgan fingerprint density at radius 3 is 2.36 bits per heavy atom. The van der Waals surface area contributed by atoms with Crippen LogP contribution in [0.1, 0.15) is 70.4 Å². The molecule has 1 aliphatic rings. The molecule has 4 amide bonds. The standard InChI is InChI=1S/C35H44N4O3/c1-7-9-11-12-13-14-23-39-32(40)31(37(6)33(41)35(39,3)4)25-27-18-20-29(21-19-27)30-17-15-16-28(24-30)26-38(22-10-8-2)34(42)36-5/h2,15-21,24,31H,7,9,11-14,23,25-26H2,1,3-6H3,(H,36,42). The van der Waals surface area contributed by atoms with Gasteiger partial charge in [-0.1, -0.05) is 81.5 Å². The third-order valence-electron chi connectivity index (χ3n) is 7.98. The summed E-state index contributed by atoms with van der Waals surface area (Å²) in [5.41, 5.74) is 3.05. The minimum atomic E-state index is -0.847. The van der Waals surface area contributed by atoms with Crippen molar-refractivity contribution in [3.05, 3.63) is 59.7 Å². The van der Waals surface area contributed by atoms with Crippen molar-refractivity contribution in [1.82, 2.24) is 20.0 Å². The van der Waals surface area contributed by atoms with Crippen molar-refractivity contribution in [1.29, 1.82) is 0 Å². The van der Waals surface area contributed by atoms with Gasteiger partial charge in [0.15, 0.2) is 0 Å². The van der Waals surface area contributed by atoms with Crippen molar-refractivity contribution in [2.24, 2.45) is 0 Å². The third kappa shape index (κ3) is 7.95. The summed E-state index contributed by atoms with van der Waals surface area (Å²) in [7, 11) is 3.29. The SMILES string of the molecule is C#CC#CN(Cc1cccc(-c2ccc(CC3C(=O)N(CCCCCCCC)C(C)(C)C(=O)N3C)cc2)c1)C(=O)NC. The van der Waals surface area contributed by atoms with E-state index in [1.54, 1.807) is 23.9 Å². The highest BCUT2D eigenvalue weighted by Crippen LogP contribution is 2.29. The Morgan fingerprint density at radius 2 is 1.69 bits per heavy atom. The molecular weight excluding hydrogens is 524 g/mol. The Morgan fingerprint density at radius 1 is 1.00 bits per heavy atom. The maximum absolute atomic E-state index is 13.7. The maximum atomic E-state index is 13.7. The summed E-state index contributed by atoms with van der Waals surface area (Å²) in [5.74, 6) is 4.73. The van der Waals surface area contributed by atoms with Gasteiger partial charge < -0.3 is 15.1 Å². The zero-order chi connectivity index (χ0) is 30.7. The highest BCUT2D eigenvalue weighted by molar-refractivity contribution is 5.99. The molecule has 1 saturated heterocycles. The van der Waals surface area contributed by atoms with Crippen molar-refractivity contribution in [2.45, 2.75) is 83.8 Å². The average Bonchev–Trinajstić information content (AvgIpc) is 2.99. The van der Waals surface area contributed by atoms with Crippen LogP contribution < -0.4 is 5.32 Å². The van der Waals surface area contributed by atoms with Crippen molar-refractivity contribution >= 4 is 17.8 Å². The number of carbonyl (C=O) groups is 3. The number of terminal acetylenes is 1. The van der Waals surface area contributed by atoms with Crippen LogP contribution in [0.15, 0.2) is 48.5 Å². The Labute approximate surface area is 251 Å². The topological polar surface area (TPSA) is 73.0 Å². The Bertz CT molecular complexity index is 1350. The number of benzene rings is 2. The fourth-order valence-electron chi connectivity index (χ4n) is 5.46.